The molecule has 1 spiro atoms. The maximum absolute atomic E-state index is 13.4. The van der Waals surface area contributed by atoms with E-state index in [9.17, 15) is 14.7 Å². The Morgan fingerprint density at radius 1 is 1.10 bits per heavy atom. The van der Waals surface area contributed by atoms with Crippen molar-refractivity contribution in [1.29, 1.82) is 0 Å². The maximum atomic E-state index is 13.4. The van der Waals surface area contributed by atoms with Gasteiger partial charge in [0.1, 0.15) is 17.0 Å². The molecule has 0 unspecified atom stereocenters. The number of carbonyl (C=O) groups is 2. The van der Waals surface area contributed by atoms with E-state index in [2.05, 4.69) is 79.7 Å². The highest BCUT2D eigenvalue weighted by Gasteiger charge is 2.81. The molecule has 4 aliphatic carbocycles. The van der Waals surface area contributed by atoms with Crippen LogP contribution in [0.1, 0.15) is 88.5 Å². The lowest BCUT2D eigenvalue weighted by molar-refractivity contribution is -0.170. The molecule has 1 aliphatic heterocycles. The molecule has 0 aromatic carbocycles. The third-order valence-electron chi connectivity index (χ3n) is 12.1. The molecule has 6 nitrogen and oxygen atoms in total. The van der Waals surface area contributed by atoms with Crippen LogP contribution in [0.15, 0.2) is 35.6 Å². The van der Waals surface area contributed by atoms with Gasteiger partial charge in [0, 0.05) is 17.8 Å². The van der Waals surface area contributed by atoms with Gasteiger partial charge in [-0.25, -0.2) is 0 Å². The predicted molar refractivity (Wildman–Crippen MR) is 158 cm³/mol. The molecule has 0 amide bonds. The SMILES string of the molecule is CC(=O)OCC(=O)[C@@]1(O)[C@H](C)C[C@H]2[C@@H]3CC=C4C=C(O[Si](C(C)C)(C(C)C)C(C)C)C=C[C@]4(C)[C@@]34O[C@H]4C[C@@]21C. The first-order valence-electron chi connectivity index (χ1n) is 15.4. The van der Waals surface area contributed by atoms with Gasteiger partial charge in [0.25, 0.3) is 8.32 Å². The summed E-state index contributed by atoms with van der Waals surface area (Å²) in [6.45, 7) is 21.1. The van der Waals surface area contributed by atoms with E-state index < -0.39 is 25.3 Å². The van der Waals surface area contributed by atoms with E-state index in [0.717, 1.165) is 18.6 Å². The number of epoxide rings is 1. The number of hydrogen-bond donors (Lipinski definition) is 1. The van der Waals surface area contributed by atoms with Gasteiger partial charge in [-0.15, -0.1) is 0 Å². The molecule has 1 N–H and O–H groups in total. The van der Waals surface area contributed by atoms with Crippen LogP contribution in [-0.4, -0.2) is 49.1 Å². The van der Waals surface area contributed by atoms with Gasteiger partial charge in [0.05, 0.1) is 6.10 Å². The Labute approximate surface area is 241 Å². The summed E-state index contributed by atoms with van der Waals surface area (Å²) >= 11 is 0. The first-order chi connectivity index (χ1) is 18.5. The number of allylic oxidation sites excluding steroid dienone is 3. The van der Waals surface area contributed by atoms with E-state index >= 15 is 0 Å². The zero-order valence-electron chi connectivity index (χ0n) is 26.2. The van der Waals surface area contributed by atoms with Crippen molar-refractivity contribution in [2.45, 2.75) is 122 Å². The number of aliphatic hydroxyl groups is 1. The molecule has 222 valence electrons. The number of fused-ring (bicyclic) bond motifs is 3. The lowest BCUT2D eigenvalue weighted by Crippen LogP contribution is -2.62. The summed E-state index contributed by atoms with van der Waals surface area (Å²) in [4.78, 5) is 24.8. The molecule has 5 rings (SSSR count). The average molecular weight is 571 g/mol. The fraction of sp³-hybridized carbons (Fsp3) is 0.758. The molecular weight excluding hydrogens is 520 g/mol. The van der Waals surface area contributed by atoms with Crippen LogP contribution in [-0.2, 0) is 23.5 Å². The summed E-state index contributed by atoms with van der Waals surface area (Å²) in [5.74, 6) is 0.173. The molecule has 3 fully saturated rings. The van der Waals surface area contributed by atoms with Crippen molar-refractivity contribution in [3.63, 3.8) is 0 Å². The fourth-order valence-corrected chi connectivity index (χ4v) is 15.5. The van der Waals surface area contributed by atoms with E-state index in [0.29, 0.717) is 23.0 Å². The van der Waals surface area contributed by atoms with Gasteiger partial charge in [0.2, 0.25) is 5.78 Å². The second-order valence-electron chi connectivity index (χ2n) is 14.7. The number of hydrogen-bond acceptors (Lipinski definition) is 6. The number of Topliss-reactive ketones (excluding diaryl/α,β-unsaturated/α-hetero) is 1. The molecule has 5 aliphatic rings. The normalized spacial score (nSPS) is 41.5. The maximum Gasteiger partial charge on any atom is 0.303 e. The van der Waals surface area contributed by atoms with Crippen molar-refractivity contribution < 1.29 is 28.6 Å². The smallest absolute Gasteiger partial charge is 0.303 e. The average Bonchev–Trinajstić information content (AvgIpc) is 3.54. The van der Waals surface area contributed by atoms with Gasteiger partial charge in [-0.05, 0) is 78.3 Å². The van der Waals surface area contributed by atoms with Crippen LogP contribution < -0.4 is 0 Å². The lowest BCUT2D eigenvalue weighted by atomic mass is 9.48. The summed E-state index contributed by atoms with van der Waals surface area (Å²) in [5, 5.41) is 12.0. The summed E-state index contributed by atoms with van der Waals surface area (Å²) in [6.07, 6.45) is 11.3. The minimum Gasteiger partial charge on any atom is -0.543 e. The Bertz CT molecular complexity index is 1160. The summed E-state index contributed by atoms with van der Waals surface area (Å²) < 4.78 is 18.9. The standard InChI is InChI=1S/C33H50O6Si/c1-19(2)40(20(3)4,21(5)6)39-25-13-14-30(9)24(16-25)11-12-26-27-15-22(7)32(36,28(35)18-37-23(8)34)31(27,10)17-29-33(26,30)38-29/h11,13-14,16,19-22,26-27,29,36H,12,15,17-18H2,1-10H3/t22-,26+,27+,29+,30+,31+,32+,33-/m1/s1. The van der Waals surface area contributed by atoms with Crippen molar-refractivity contribution in [2.24, 2.45) is 28.6 Å². The molecule has 0 radical (unpaired) electrons. The second-order valence-corrected chi connectivity index (χ2v) is 20.1. The fourth-order valence-electron chi connectivity index (χ4n) is 10.2. The Balaban J connectivity index is 1.47. The molecular formula is C33H50O6Si. The minimum absolute atomic E-state index is 0.0400. The van der Waals surface area contributed by atoms with Gasteiger partial charge in [-0.3, -0.25) is 9.59 Å². The zero-order chi connectivity index (χ0) is 29.6. The van der Waals surface area contributed by atoms with Gasteiger partial charge in [-0.2, -0.15) is 0 Å². The van der Waals surface area contributed by atoms with Crippen molar-refractivity contribution >= 4 is 20.1 Å². The van der Waals surface area contributed by atoms with Crippen LogP contribution in [0.3, 0.4) is 0 Å². The summed E-state index contributed by atoms with van der Waals surface area (Å²) in [7, 11) is -2.08. The molecule has 1 heterocycles. The van der Waals surface area contributed by atoms with Crippen LogP contribution in [0.4, 0.5) is 0 Å². The number of carbonyl (C=O) groups excluding carboxylic acids is 2. The Morgan fingerprint density at radius 3 is 2.30 bits per heavy atom. The van der Waals surface area contributed by atoms with E-state index in [1.807, 2.05) is 6.92 Å². The molecule has 0 aromatic heterocycles. The minimum atomic E-state index is -2.08. The highest BCUT2D eigenvalue weighted by Crippen LogP contribution is 2.76. The Kier molecular flexibility index (Phi) is 7.00. The number of ketones is 1. The van der Waals surface area contributed by atoms with Gasteiger partial charge in [-0.1, -0.05) is 67.5 Å². The van der Waals surface area contributed by atoms with E-state index in [4.69, 9.17) is 13.9 Å². The third-order valence-corrected chi connectivity index (χ3v) is 18.1. The number of esters is 1. The third kappa shape index (κ3) is 3.65. The van der Waals surface area contributed by atoms with Crippen LogP contribution in [0.25, 0.3) is 0 Å². The quantitative estimate of drug-likeness (QED) is 0.200. The first-order valence-corrected chi connectivity index (χ1v) is 17.5. The van der Waals surface area contributed by atoms with E-state index in [1.54, 1.807) is 0 Å². The van der Waals surface area contributed by atoms with Crippen molar-refractivity contribution in [3.8, 4) is 0 Å². The first kappa shape index (κ1) is 29.8. The summed E-state index contributed by atoms with van der Waals surface area (Å²) in [5.41, 5.74) is -0.0617. The van der Waals surface area contributed by atoms with Crippen LogP contribution in [0.2, 0.25) is 16.6 Å². The largest absolute Gasteiger partial charge is 0.543 e. The number of rotatable bonds is 8. The van der Waals surface area contributed by atoms with Crippen molar-refractivity contribution in [2.75, 3.05) is 6.61 Å². The molecule has 8 atom stereocenters. The molecule has 7 heteroatoms. The van der Waals surface area contributed by atoms with E-state index in [-0.39, 0.29) is 47.3 Å². The van der Waals surface area contributed by atoms with Crippen LogP contribution in [0, 0.1) is 28.6 Å². The van der Waals surface area contributed by atoms with Crippen LogP contribution in [0.5, 0.6) is 0 Å². The second kappa shape index (κ2) is 9.40. The molecule has 1 saturated heterocycles. The predicted octanol–water partition coefficient (Wildman–Crippen LogP) is 6.65. The molecule has 2 saturated carbocycles. The molecule has 0 bridgehead atoms. The lowest BCUT2D eigenvalue weighted by Gasteiger charge is -2.54. The Morgan fingerprint density at radius 2 is 1.73 bits per heavy atom. The highest BCUT2D eigenvalue weighted by molar-refractivity contribution is 6.77. The highest BCUT2D eigenvalue weighted by atomic mass is 28.4. The van der Waals surface area contributed by atoms with Gasteiger partial charge < -0.3 is 19.0 Å². The van der Waals surface area contributed by atoms with Gasteiger partial charge >= 0.3 is 5.97 Å². The van der Waals surface area contributed by atoms with Crippen molar-refractivity contribution in [1.82, 2.24) is 0 Å². The van der Waals surface area contributed by atoms with Crippen LogP contribution >= 0.6 is 0 Å². The number of ether oxygens (including phenoxy) is 2. The summed E-state index contributed by atoms with van der Waals surface area (Å²) in [6, 6.07) is 0. The monoisotopic (exact) mass is 570 g/mol. The Hall–Kier alpha value is -1.70. The van der Waals surface area contributed by atoms with E-state index in [1.165, 1.54) is 12.5 Å². The van der Waals surface area contributed by atoms with Gasteiger partial charge in [0.15, 0.2) is 6.61 Å². The topological polar surface area (TPSA) is 85.4 Å². The van der Waals surface area contributed by atoms with Crippen molar-refractivity contribution in [3.05, 3.63) is 35.6 Å². The molecule has 0 aromatic rings. The molecule has 40 heavy (non-hydrogen) atoms. The zero-order valence-corrected chi connectivity index (χ0v) is 27.2.